The molecule has 0 spiro atoms. The molecule has 1 fully saturated rings. The molecule has 0 bridgehead atoms. The molecule has 0 N–H and O–H groups in total. The molecular weight excluding hydrogens is 314 g/mol. The van der Waals surface area contributed by atoms with Crippen LogP contribution in [-0.4, -0.2) is 17.3 Å². The number of aromatic nitrogens is 1. The molecule has 1 saturated heterocycles. The van der Waals surface area contributed by atoms with Crippen molar-refractivity contribution in [1.29, 1.82) is 0 Å². The zero-order valence-corrected chi connectivity index (χ0v) is 14.1. The molecule has 1 aliphatic heterocycles. The van der Waals surface area contributed by atoms with E-state index in [1.54, 1.807) is 6.07 Å². The van der Waals surface area contributed by atoms with Gasteiger partial charge in [0.1, 0.15) is 11.5 Å². The largest absolute Gasteiger partial charge is 0.457 e. The van der Waals surface area contributed by atoms with Gasteiger partial charge in [-0.3, -0.25) is 4.79 Å². The second-order valence-electron chi connectivity index (χ2n) is 6.39. The maximum atomic E-state index is 12.3. The summed E-state index contributed by atoms with van der Waals surface area (Å²) in [7, 11) is 0. The van der Waals surface area contributed by atoms with E-state index in [4.69, 9.17) is 9.47 Å². The molecule has 2 heterocycles. The number of nitrogens with zero attached hydrogens (tertiary/aromatic N) is 1. The maximum Gasteiger partial charge on any atom is 0.189 e. The van der Waals surface area contributed by atoms with Crippen LogP contribution in [0.2, 0.25) is 0 Å². The Balaban J connectivity index is 1.60. The first-order valence-electron chi connectivity index (χ1n) is 8.77. The molecule has 1 atom stereocenters. The standard InChI is InChI=1S/C21H21NO3/c23-21-11-13-22(12-10-16-7-4-14-24-16)20-9-8-18(15-19(20)21)25-17-5-2-1-3-6-17/h1-3,5-6,8-9,11,13,15-16H,4,7,10,12,14H2. The Morgan fingerprint density at radius 2 is 1.96 bits per heavy atom. The van der Waals surface area contributed by atoms with Gasteiger partial charge >= 0.3 is 0 Å². The number of benzene rings is 2. The predicted octanol–water partition coefficient (Wildman–Crippen LogP) is 4.36. The van der Waals surface area contributed by atoms with Gasteiger partial charge in [-0.25, -0.2) is 0 Å². The number of ether oxygens (including phenoxy) is 2. The summed E-state index contributed by atoms with van der Waals surface area (Å²) in [6.45, 7) is 1.72. The van der Waals surface area contributed by atoms with Gasteiger partial charge in [0.15, 0.2) is 5.43 Å². The van der Waals surface area contributed by atoms with E-state index in [0.717, 1.165) is 43.7 Å². The number of fused-ring (bicyclic) bond motifs is 1. The highest BCUT2D eigenvalue weighted by atomic mass is 16.5. The van der Waals surface area contributed by atoms with E-state index in [9.17, 15) is 4.79 Å². The summed E-state index contributed by atoms with van der Waals surface area (Å²) in [5.74, 6) is 1.43. The van der Waals surface area contributed by atoms with Crippen LogP contribution >= 0.6 is 0 Å². The zero-order valence-electron chi connectivity index (χ0n) is 14.1. The molecule has 0 amide bonds. The second-order valence-corrected chi connectivity index (χ2v) is 6.39. The van der Waals surface area contributed by atoms with Crippen molar-refractivity contribution >= 4 is 10.9 Å². The van der Waals surface area contributed by atoms with Gasteiger partial charge in [0.25, 0.3) is 0 Å². The second kappa shape index (κ2) is 7.11. The Labute approximate surface area is 146 Å². The maximum absolute atomic E-state index is 12.3. The van der Waals surface area contributed by atoms with Crippen molar-refractivity contribution in [2.45, 2.75) is 31.9 Å². The van der Waals surface area contributed by atoms with Crippen LogP contribution in [0.15, 0.2) is 65.6 Å². The quantitative estimate of drug-likeness (QED) is 0.695. The summed E-state index contributed by atoms with van der Waals surface area (Å²) < 4.78 is 13.7. The molecule has 1 unspecified atom stereocenters. The fourth-order valence-corrected chi connectivity index (χ4v) is 3.33. The van der Waals surface area contributed by atoms with E-state index in [2.05, 4.69) is 4.57 Å². The van der Waals surface area contributed by atoms with Gasteiger partial charge in [0, 0.05) is 30.8 Å². The third-order valence-electron chi connectivity index (χ3n) is 4.64. The van der Waals surface area contributed by atoms with E-state index in [-0.39, 0.29) is 5.43 Å². The summed E-state index contributed by atoms with van der Waals surface area (Å²) in [5.41, 5.74) is 0.952. The highest BCUT2D eigenvalue weighted by molar-refractivity contribution is 5.80. The minimum absolute atomic E-state index is 0.0156. The first-order chi connectivity index (χ1) is 12.3. The smallest absolute Gasteiger partial charge is 0.189 e. The molecule has 1 aliphatic rings. The Morgan fingerprint density at radius 1 is 1.08 bits per heavy atom. The van der Waals surface area contributed by atoms with Crippen molar-refractivity contribution < 1.29 is 9.47 Å². The zero-order chi connectivity index (χ0) is 17.1. The highest BCUT2D eigenvalue weighted by Crippen LogP contribution is 2.24. The Kier molecular flexibility index (Phi) is 4.53. The number of hydrogen-bond acceptors (Lipinski definition) is 3. The third kappa shape index (κ3) is 3.59. The van der Waals surface area contributed by atoms with Crippen LogP contribution in [0.3, 0.4) is 0 Å². The predicted molar refractivity (Wildman–Crippen MR) is 98.3 cm³/mol. The molecule has 25 heavy (non-hydrogen) atoms. The van der Waals surface area contributed by atoms with E-state index in [1.807, 2.05) is 54.7 Å². The summed E-state index contributed by atoms with van der Waals surface area (Å²) in [6.07, 6.45) is 5.47. The van der Waals surface area contributed by atoms with Gasteiger partial charge in [0.2, 0.25) is 0 Å². The van der Waals surface area contributed by atoms with E-state index in [1.165, 1.54) is 0 Å². The number of para-hydroxylation sites is 1. The molecule has 2 aromatic carbocycles. The van der Waals surface area contributed by atoms with Crippen LogP contribution in [0.1, 0.15) is 19.3 Å². The molecule has 0 aliphatic carbocycles. The lowest BCUT2D eigenvalue weighted by molar-refractivity contribution is 0.101. The van der Waals surface area contributed by atoms with Crippen LogP contribution in [0, 0.1) is 0 Å². The van der Waals surface area contributed by atoms with Crippen molar-refractivity contribution in [3.8, 4) is 11.5 Å². The normalized spacial score (nSPS) is 17.0. The Bertz CT molecular complexity index is 911. The molecular formula is C21H21NO3. The lowest BCUT2D eigenvalue weighted by Crippen LogP contribution is -2.13. The van der Waals surface area contributed by atoms with Gasteiger partial charge < -0.3 is 14.0 Å². The summed E-state index contributed by atoms with van der Waals surface area (Å²) in [6, 6.07) is 16.9. The van der Waals surface area contributed by atoms with Gasteiger partial charge in [-0.15, -0.1) is 0 Å². The number of hydrogen-bond donors (Lipinski definition) is 0. The van der Waals surface area contributed by atoms with Crippen LogP contribution in [0.5, 0.6) is 11.5 Å². The average Bonchev–Trinajstić information content (AvgIpc) is 3.16. The fraction of sp³-hybridized carbons (Fsp3) is 0.286. The van der Waals surface area contributed by atoms with Gasteiger partial charge in [-0.05, 0) is 49.6 Å². The van der Waals surface area contributed by atoms with Crippen LogP contribution in [0.4, 0.5) is 0 Å². The Hall–Kier alpha value is -2.59. The van der Waals surface area contributed by atoms with Gasteiger partial charge in [-0.2, -0.15) is 0 Å². The van der Waals surface area contributed by atoms with Crippen LogP contribution in [0.25, 0.3) is 10.9 Å². The third-order valence-corrected chi connectivity index (χ3v) is 4.64. The number of aryl methyl sites for hydroxylation is 1. The monoisotopic (exact) mass is 335 g/mol. The van der Waals surface area contributed by atoms with E-state index in [0.29, 0.717) is 17.2 Å². The molecule has 1 aromatic heterocycles. The molecule has 4 nitrogen and oxygen atoms in total. The molecule has 3 aromatic rings. The fourth-order valence-electron chi connectivity index (χ4n) is 3.33. The summed E-state index contributed by atoms with van der Waals surface area (Å²) in [5, 5.41) is 0.684. The van der Waals surface area contributed by atoms with Crippen molar-refractivity contribution in [2.75, 3.05) is 6.61 Å². The van der Waals surface area contributed by atoms with E-state index >= 15 is 0 Å². The van der Waals surface area contributed by atoms with Crippen LogP contribution < -0.4 is 10.2 Å². The average molecular weight is 335 g/mol. The van der Waals surface area contributed by atoms with Crippen LogP contribution in [-0.2, 0) is 11.3 Å². The number of rotatable bonds is 5. The van der Waals surface area contributed by atoms with Gasteiger partial charge in [-0.1, -0.05) is 18.2 Å². The highest BCUT2D eigenvalue weighted by Gasteiger charge is 2.15. The molecule has 0 saturated carbocycles. The molecule has 4 heteroatoms. The van der Waals surface area contributed by atoms with Crippen molar-refractivity contribution in [1.82, 2.24) is 4.57 Å². The first-order valence-corrected chi connectivity index (χ1v) is 8.77. The summed E-state index contributed by atoms with van der Waals surface area (Å²) in [4.78, 5) is 12.3. The molecule has 128 valence electrons. The lowest BCUT2D eigenvalue weighted by atomic mass is 10.1. The van der Waals surface area contributed by atoms with Crippen molar-refractivity contribution in [3.63, 3.8) is 0 Å². The SMILES string of the molecule is O=c1ccn(CCC2CCCO2)c2ccc(Oc3ccccc3)cc12. The summed E-state index contributed by atoms with van der Waals surface area (Å²) >= 11 is 0. The van der Waals surface area contributed by atoms with Crippen molar-refractivity contribution in [3.05, 3.63) is 71.0 Å². The van der Waals surface area contributed by atoms with E-state index < -0.39 is 0 Å². The van der Waals surface area contributed by atoms with Crippen molar-refractivity contribution in [2.24, 2.45) is 0 Å². The topological polar surface area (TPSA) is 40.5 Å². The molecule has 0 radical (unpaired) electrons. The minimum atomic E-state index is 0.0156. The first kappa shape index (κ1) is 15.9. The molecule has 4 rings (SSSR count). The minimum Gasteiger partial charge on any atom is -0.457 e. The Morgan fingerprint density at radius 3 is 2.76 bits per heavy atom. The lowest BCUT2D eigenvalue weighted by Gasteiger charge is -2.14. The number of pyridine rings is 1. The van der Waals surface area contributed by atoms with Gasteiger partial charge in [0.05, 0.1) is 11.6 Å².